The number of rotatable bonds is 4. The molecule has 0 aliphatic carbocycles. The summed E-state index contributed by atoms with van der Waals surface area (Å²) in [4.78, 5) is 0. The zero-order valence-corrected chi connectivity index (χ0v) is 10.3. The Balaban J connectivity index is 0.00000144. The monoisotopic (exact) mass is 187 g/mol. The van der Waals surface area contributed by atoms with E-state index in [1.165, 1.54) is 6.42 Å². The summed E-state index contributed by atoms with van der Waals surface area (Å²) < 4.78 is 0. The quantitative estimate of drug-likeness (QED) is 0.483. The van der Waals surface area contributed by atoms with Crippen LogP contribution >= 0.6 is 0 Å². The van der Waals surface area contributed by atoms with Gasteiger partial charge in [-0.25, -0.2) is 0 Å². The Morgan fingerprint density at radius 3 is 2.77 bits per heavy atom. The summed E-state index contributed by atoms with van der Waals surface area (Å²) in [6.45, 7) is 3.09. The number of nitrogens with one attached hydrogen (secondary N) is 1. The molecule has 0 aliphatic rings. The molecule has 0 aromatic heterocycles. The van der Waals surface area contributed by atoms with Crippen molar-refractivity contribution in [2.24, 2.45) is 0 Å². The zero-order valence-electron chi connectivity index (χ0n) is 8.34. The van der Waals surface area contributed by atoms with Gasteiger partial charge in [0.25, 0.3) is 0 Å². The van der Waals surface area contributed by atoms with Crippen LogP contribution in [0.15, 0.2) is 24.3 Å². The maximum absolute atomic E-state index is 10.9. The first-order valence-corrected chi connectivity index (χ1v) is 4.34. The molecule has 0 fully saturated rings. The van der Waals surface area contributed by atoms with E-state index in [0.29, 0.717) is 0 Å². The SMILES string of the molecule is CCCCNc1cccc([O-])c1.[Na+]. The minimum atomic E-state index is 0. The second kappa shape index (κ2) is 7.25. The van der Waals surface area contributed by atoms with Gasteiger partial charge in [-0.05, 0) is 18.6 Å². The number of anilines is 1. The summed E-state index contributed by atoms with van der Waals surface area (Å²) in [5.41, 5.74) is 0.927. The van der Waals surface area contributed by atoms with Crippen LogP contribution in [0.2, 0.25) is 0 Å². The molecule has 0 heterocycles. The number of benzene rings is 1. The second-order valence-corrected chi connectivity index (χ2v) is 2.81. The van der Waals surface area contributed by atoms with Crippen molar-refractivity contribution in [3.63, 3.8) is 0 Å². The fraction of sp³-hybridized carbons (Fsp3) is 0.400. The van der Waals surface area contributed by atoms with Crippen molar-refractivity contribution in [3.05, 3.63) is 24.3 Å². The summed E-state index contributed by atoms with van der Waals surface area (Å²) in [6, 6.07) is 6.87. The normalized spacial score (nSPS) is 9.00. The van der Waals surface area contributed by atoms with E-state index in [2.05, 4.69) is 12.2 Å². The van der Waals surface area contributed by atoms with E-state index in [1.807, 2.05) is 6.07 Å². The van der Waals surface area contributed by atoms with Crippen molar-refractivity contribution >= 4 is 5.69 Å². The molecule has 1 aromatic carbocycles. The largest absolute Gasteiger partial charge is 1.00 e. The van der Waals surface area contributed by atoms with Crippen LogP contribution in [0.4, 0.5) is 5.69 Å². The summed E-state index contributed by atoms with van der Waals surface area (Å²) in [5, 5.41) is 14.1. The van der Waals surface area contributed by atoms with Gasteiger partial charge in [0, 0.05) is 12.2 Å². The topological polar surface area (TPSA) is 35.1 Å². The summed E-state index contributed by atoms with van der Waals surface area (Å²) in [6.07, 6.45) is 2.31. The van der Waals surface area contributed by atoms with Crippen molar-refractivity contribution in [2.45, 2.75) is 19.8 Å². The Bertz CT molecular complexity index is 240. The van der Waals surface area contributed by atoms with Gasteiger partial charge in [0.15, 0.2) is 0 Å². The Morgan fingerprint density at radius 2 is 2.15 bits per heavy atom. The van der Waals surface area contributed by atoms with Crippen molar-refractivity contribution in [1.82, 2.24) is 0 Å². The van der Waals surface area contributed by atoms with Gasteiger partial charge in [0.2, 0.25) is 0 Å². The molecule has 2 nitrogen and oxygen atoms in total. The molecule has 0 saturated carbocycles. The van der Waals surface area contributed by atoms with Gasteiger partial charge in [0.1, 0.15) is 0 Å². The van der Waals surface area contributed by atoms with E-state index in [1.54, 1.807) is 18.2 Å². The molecule has 66 valence electrons. The molecule has 0 unspecified atom stereocenters. The molecule has 1 rings (SSSR count). The van der Waals surface area contributed by atoms with Crippen molar-refractivity contribution in [1.29, 1.82) is 0 Å². The first-order chi connectivity index (χ1) is 5.83. The molecular weight excluding hydrogens is 173 g/mol. The Labute approximate surface area is 102 Å². The molecule has 0 aliphatic heterocycles. The van der Waals surface area contributed by atoms with E-state index < -0.39 is 0 Å². The Morgan fingerprint density at radius 1 is 1.38 bits per heavy atom. The van der Waals surface area contributed by atoms with Gasteiger partial charge in [-0.15, -0.1) is 5.75 Å². The second-order valence-electron chi connectivity index (χ2n) is 2.81. The third kappa shape index (κ3) is 5.19. The van der Waals surface area contributed by atoms with Gasteiger partial charge >= 0.3 is 29.6 Å². The average molecular weight is 187 g/mol. The Kier molecular flexibility index (Phi) is 7.14. The molecular formula is C10H14NNaO. The van der Waals surface area contributed by atoms with Crippen LogP contribution < -0.4 is 40.0 Å². The minimum absolute atomic E-state index is 0. The van der Waals surface area contributed by atoms with Gasteiger partial charge in [0.05, 0.1) is 0 Å². The van der Waals surface area contributed by atoms with Crippen molar-refractivity contribution in [3.8, 4) is 5.75 Å². The van der Waals surface area contributed by atoms with Crippen LogP contribution in [0.3, 0.4) is 0 Å². The van der Waals surface area contributed by atoms with E-state index in [-0.39, 0.29) is 35.3 Å². The van der Waals surface area contributed by atoms with Crippen LogP contribution in [0.1, 0.15) is 19.8 Å². The molecule has 0 amide bonds. The summed E-state index contributed by atoms with van der Waals surface area (Å²) >= 11 is 0. The standard InChI is InChI=1S/C10H15NO.Na/c1-2-3-7-11-9-5-4-6-10(12)8-9;/h4-6,8,11-12H,2-3,7H2,1H3;/q;+1/p-1. The fourth-order valence-electron chi connectivity index (χ4n) is 1.02. The predicted octanol–water partition coefficient (Wildman–Crippen LogP) is -1.02. The van der Waals surface area contributed by atoms with Crippen LogP contribution in [0.25, 0.3) is 0 Å². The maximum atomic E-state index is 10.9. The predicted molar refractivity (Wildman–Crippen MR) is 49.3 cm³/mol. The van der Waals surface area contributed by atoms with E-state index in [0.717, 1.165) is 18.7 Å². The van der Waals surface area contributed by atoms with E-state index in [4.69, 9.17) is 0 Å². The molecule has 1 aromatic rings. The molecule has 13 heavy (non-hydrogen) atoms. The zero-order chi connectivity index (χ0) is 8.81. The summed E-state index contributed by atoms with van der Waals surface area (Å²) in [5.74, 6) is 0.0662. The molecule has 0 atom stereocenters. The molecule has 0 radical (unpaired) electrons. The molecule has 1 N–H and O–H groups in total. The van der Waals surface area contributed by atoms with E-state index in [9.17, 15) is 5.11 Å². The molecule has 3 heteroatoms. The molecule has 0 bridgehead atoms. The van der Waals surface area contributed by atoms with Crippen LogP contribution in [0.5, 0.6) is 5.75 Å². The maximum Gasteiger partial charge on any atom is 1.00 e. The van der Waals surface area contributed by atoms with Gasteiger partial charge < -0.3 is 10.4 Å². The van der Waals surface area contributed by atoms with Crippen LogP contribution in [0, 0.1) is 0 Å². The van der Waals surface area contributed by atoms with Gasteiger partial charge in [-0.3, -0.25) is 0 Å². The van der Waals surface area contributed by atoms with Crippen LogP contribution in [-0.4, -0.2) is 6.54 Å². The number of hydrogen-bond acceptors (Lipinski definition) is 2. The average Bonchev–Trinajstić information content (AvgIpc) is 2.05. The molecule has 0 saturated heterocycles. The first-order valence-electron chi connectivity index (χ1n) is 4.34. The summed E-state index contributed by atoms with van der Waals surface area (Å²) in [7, 11) is 0. The van der Waals surface area contributed by atoms with Gasteiger partial charge in [-0.2, -0.15) is 0 Å². The Hall–Kier alpha value is -0.180. The third-order valence-corrected chi connectivity index (χ3v) is 1.69. The first kappa shape index (κ1) is 12.8. The van der Waals surface area contributed by atoms with Crippen molar-refractivity contribution in [2.75, 3.05) is 11.9 Å². The van der Waals surface area contributed by atoms with Crippen molar-refractivity contribution < 1.29 is 34.7 Å². The number of hydrogen-bond donors (Lipinski definition) is 1. The van der Waals surface area contributed by atoms with Gasteiger partial charge in [-0.1, -0.05) is 25.5 Å². The van der Waals surface area contributed by atoms with E-state index >= 15 is 0 Å². The third-order valence-electron chi connectivity index (χ3n) is 1.69. The fourth-order valence-corrected chi connectivity index (χ4v) is 1.02. The number of unbranched alkanes of at least 4 members (excludes halogenated alkanes) is 1. The van der Waals surface area contributed by atoms with Crippen LogP contribution in [-0.2, 0) is 0 Å². The smallest absolute Gasteiger partial charge is 0.872 e. The molecule has 0 spiro atoms. The minimum Gasteiger partial charge on any atom is -0.872 e.